The van der Waals surface area contributed by atoms with Gasteiger partial charge in [-0.25, -0.2) is 4.98 Å². The smallest absolute Gasteiger partial charge is 0.128 e. The Morgan fingerprint density at radius 3 is 2.92 bits per heavy atom. The lowest BCUT2D eigenvalue weighted by Gasteiger charge is -2.08. The van der Waals surface area contributed by atoms with Crippen molar-refractivity contribution in [2.75, 3.05) is 5.73 Å². The van der Waals surface area contributed by atoms with E-state index in [1.165, 1.54) is 6.20 Å². The molecule has 0 spiro atoms. The number of alkyl halides is 1. The Labute approximate surface area is 81.7 Å². The molecule has 0 saturated carbocycles. The van der Waals surface area contributed by atoms with E-state index in [4.69, 9.17) is 28.9 Å². The monoisotopic (exact) mass is 204 g/mol. The Morgan fingerprint density at radius 1 is 1.67 bits per heavy atom. The molecular weight excluding hydrogens is 195 g/mol. The van der Waals surface area contributed by atoms with Crippen molar-refractivity contribution < 1.29 is 0 Å². The third-order valence-electron chi connectivity index (χ3n) is 1.61. The van der Waals surface area contributed by atoms with E-state index in [-0.39, 0.29) is 5.38 Å². The van der Waals surface area contributed by atoms with Crippen molar-refractivity contribution in [2.45, 2.75) is 18.7 Å². The summed E-state index contributed by atoms with van der Waals surface area (Å²) in [6.07, 6.45) is 2.33. The minimum atomic E-state index is -0.101. The summed E-state index contributed by atoms with van der Waals surface area (Å²) in [4.78, 5) is 3.91. The minimum absolute atomic E-state index is 0.101. The van der Waals surface area contributed by atoms with Crippen LogP contribution in [-0.4, -0.2) is 4.98 Å². The average Bonchev–Trinajstić information content (AvgIpc) is 2.08. The predicted octanol–water partition coefficient (Wildman–Crippen LogP) is 3.01. The SMILES string of the molecule is CCC(Cl)c1cc(Cl)cnc1N. The Kier molecular flexibility index (Phi) is 3.18. The largest absolute Gasteiger partial charge is 0.383 e. The molecule has 0 radical (unpaired) electrons. The van der Waals surface area contributed by atoms with E-state index < -0.39 is 0 Å². The fraction of sp³-hybridized carbons (Fsp3) is 0.375. The van der Waals surface area contributed by atoms with E-state index in [9.17, 15) is 0 Å². The van der Waals surface area contributed by atoms with Gasteiger partial charge in [0.15, 0.2) is 0 Å². The van der Waals surface area contributed by atoms with Crippen LogP contribution in [0.25, 0.3) is 0 Å². The zero-order valence-corrected chi connectivity index (χ0v) is 8.23. The first-order chi connectivity index (χ1) is 5.65. The standard InChI is InChI=1S/C8H10Cl2N2/c1-2-7(10)6-3-5(9)4-12-8(6)11/h3-4,7H,2H2,1H3,(H2,11,12). The number of hydrogen-bond acceptors (Lipinski definition) is 2. The lowest BCUT2D eigenvalue weighted by molar-refractivity contribution is 0.880. The summed E-state index contributed by atoms with van der Waals surface area (Å²) < 4.78 is 0. The van der Waals surface area contributed by atoms with Crippen molar-refractivity contribution in [3.63, 3.8) is 0 Å². The van der Waals surface area contributed by atoms with Gasteiger partial charge >= 0.3 is 0 Å². The first-order valence-electron chi connectivity index (χ1n) is 3.70. The number of nitrogen functional groups attached to an aromatic ring is 1. The summed E-state index contributed by atoms with van der Waals surface area (Å²) in [5.74, 6) is 0.459. The topological polar surface area (TPSA) is 38.9 Å². The molecule has 66 valence electrons. The maximum absolute atomic E-state index is 5.99. The van der Waals surface area contributed by atoms with E-state index >= 15 is 0 Å². The summed E-state index contributed by atoms with van der Waals surface area (Å²) >= 11 is 11.7. The lowest BCUT2D eigenvalue weighted by atomic mass is 10.1. The second-order valence-electron chi connectivity index (χ2n) is 2.50. The van der Waals surface area contributed by atoms with Crippen LogP contribution >= 0.6 is 23.2 Å². The molecule has 0 amide bonds. The average molecular weight is 205 g/mol. The first kappa shape index (κ1) is 9.62. The van der Waals surface area contributed by atoms with Crippen molar-refractivity contribution in [1.29, 1.82) is 0 Å². The van der Waals surface area contributed by atoms with E-state index in [0.29, 0.717) is 10.8 Å². The van der Waals surface area contributed by atoms with E-state index in [1.54, 1.807) is 6.07 Å². The predicted molar refractivity (Wildman–Crippen MR) is 52.5 cm³/mol. The van der Waals surface area contributed by atoms with Crippen LogP contribution in [-0.2, 0) is 0 Å². The zero-order valence-electron chi connectivity index (χ0n) is 6.72. The number of aromatic nitrogens is 1. The highest BCUT2D eigenvalue weighted by molar-refractivity contribution is 6.30. The number of anilines is 1. The van der Waals surface area contributed by atoms with E-state index in [0.717, 1.165) is 12.0 Å². The molecule has 0 aliphatic carbocycles. The normalized spacial score (nSPS) is 12.9. The van der Waals surface area contributed by atoms with Crippen LogP contribution in [0.2, 0.25) is 5.02 Å². The maximum atomic E-state index is 5.99. The molecule has 1 atom stereocenters. The molecule has 1 rings (SSSR count). The highest BCUT2D eigenvalue weighted by Crippen LogP contribution is 2.29. The van der Waals surface area contributed by atoms with Crippen LogP contribution in [0.15, 0.2) is 12.3 Å². The molecule has 0 bridgehead atoms. The van der Waals surface area contributed by atoms with Gasteiger partial charge < -0.3 is 5.73 Å². The highest BCUT2D eigenvalue weighted by atomic mass is 35.5. The van der Waals surface area contributed by atoms with Crippen LogP contribution in [0.5, 0.6) is 0 Å². The van der Waals surface area contributed by atoms with Crippen LogP contribution in [0.3, 0.4) is 0 Å². The van der Waals surface area contributed by atoms with Gasteiger partial charge in [-0.2, -0.15) is 0 Å². The molecular formula is C8H10Cl2N2. The Morgan fingerprint density at radius 2 is 2.33 bits per heavy atom. The summed E-state index contributed by atoms with van der Waals surface area (Å²) in [5.41, 5.74) is 6.42. The summed E-state index contributed by atoms with van der Waals surface area (Å²) in [5, 5.41) is 0.467. The number of rotatable bonds is 2. The Bertz CT molecular complexity index is 276. The second-order valence-corrected chi connectivity index (χ2v) is 3.47. The summed E-state index contributed by atoms with van der Waals surface area (Å²) in [6.45, 7) is 1.98. The van der Waals surface area contributed by atoms with Gasteiger partial charge in [0, 0.05) is 11.8 Å². The van der Waals surface area contributed by atoms with Crippen LogP contribution in [0.1, 0.15) is 24.3 Å². The van der Waals surface area contributed by atoms with Crippen molar-refractivity contribution >= 4 is 29.0 Å². The van der Waals surface area contributed by atoms with Gasteiger partial charge in [-0.05, 0) is 12.5 Å². The molecule has 0 aliphatic heterocycles. The van der Waals surface area contributed by atoms with E-state index in [1.807, 2.05) is 6.92 Å². The molecule has 0 saturated heterocycles. The van der Waals surface area contributed by atoms with Crippen molar-refractivity contribution in [1.82, 2.24) is 4.98 Å². The number of pyridine rings is 1. The van der Waals surface area contributed by atoms with Crippen LogP contribution in [0.4, 0.5) is 5.82 Å². The zero-order chi connectivity index (χ0) is 9.14. The van der Waals surface area contributed by atoms with Gasteiger partial charge in [0.25, 0.3) is 0 Å². The molecule has 1 aromatic heterocycles. The Balaban J connectivity index is 3.04. The number of nitrogens with two attached hydrogens (primary N) is 1. The van der Waals surface area contributed by atoms with Crippen molar-refractivity contribution in [3.8, 4) is 0 Å². The molecule has 12 heavy (non-hydrogen) atoms. The highest BCUT2D eigenvalue weighted by Gasteiger charge is 2.10. The van der Waals surface area contributed by atoms with Crippen molar-refractivity contribution in [3.05, 3.63) is 22.8 Å². The van der Waals surface area contributed by atoms with Crippen LogP contribution in [0, 0.1) is 0 Å². The molecule has 4 heteroatoms. The lowest BCUT2D eigenvalue weighted by Crippen LogP contribution is -1.99. The van der Waals surface area contributed by atoms with Gasteiger partial charge in [-0.1, -0.05) is 18.5 Å². The summed E-state index contributed by atoms with van der Waals surface area (Å²) in [6, 6.07) is 1.76. The fourth-order valence-electron chi connectivity index (χ4n) is 0.936. The van der Waals surface area contributed by atoms with Gasteiger partial charge in [-0.15, -0.1) is 11.6 Å². The molecule has 1 aromatic rings. The first-order valence-corrected chi connectivity index (χ1v) is 4.51. The molecule has 2 N–H and O–H groups in total. The number of nitrogens with zero attached hydrogens (tertiary/aromatic N) is 1. The molecule has 0 aliphatic rings. The third-order valence-corrected chi connectivity index (χ3v) is 2.36. The van der Waals surface area contributed by atoms with Crippen LogP contribution < -0.4 is 5.73 Å². The number of hydrogen-bond donors (Lipinski definition) is 1. The second kappa shape index (κ2) is 3.97. The minimum Gasteiger partial charge on any atom is -0.383 e. The summed E-state index contributed by atoms with van der Waals surface area (Å²) in [7, 11) is 0. The maximum Gasteiger partial charge on any atom is 0.128 e. The quantitative estimate of drug-likeness (QED) is 0.753. The Hall–Kier alpha value is -0.470. The fourth-order valence-corrected chi connectivity index (χ4v) is 1.28. The molecule has 0 aromatic carbocycles. The molecule has 1 unspecified atom stereocenters. The van der Waals surface area contributed by atoms with Gasteiger partial charge in [0.05, 0.1) is 10.4 Å². The van der Waals surface area contributed by atoms with Gasteiger partial charge in [0.2, 0.25) is 0 Å². The van der Waals surface area contributed by atoms with Gasteiger partial charge in [0.1, 0.15) is 5.82 Å². The van der Waals surface area contributed by atoms with E-state index in [2.05, 4.69) is 4.98 Å². The van der Waals surface area contributed by atoms with Gasteiger partial charge in [-0.3, -0.25) is 0 Å². The van der Waals surface area contributed by atoms with Crippen molar-refractivity contribution in [2.24, 2.45) is 0 Å². The molecule has 1 heterocycles. The number of halogens is 2. The molecule has 0 fully saturated rings. The molecule has 2 nitrogen and oxygen atoms in total. The third kappa shape index (κ3) is 2.02.